The van der Waals surface area contributed by atoms with Gasteiger partial charge in [0.05, 0.1) is 6.61 Å². The molecule has 0 spiro atoms. The number of rotatable bonds is 3. The first-order chi connectivity index (χ1) is 10.1. The van der Waals surface area contributed by atoms with Gasteiger partial charge >= 0.3 is 0 Å². The van der Waals surface area contributed by atoms with Crippen LogP contribution in [0.5, 0.6) is 5.88 Å². The molecule has 1 fully saturated rings. The highest BCUT2D eigenvalue weighted by Gasteiger charge is 2.45. The van der Waals surface area contributed by atoms with Gasteiger partial charge in [-0.15, -0.1) is 0 Å². The van der Waals surface area contributed by atoms with E-state index in [1.165, 1.54) is 0 Å². The molecule has 0 radical (unpaired) electrons. The second kappa shape index (κ2) is 5.63. The molecule has 0 unspecified atom stereocenters. The number of aromatic amines is 1. The lowest BCUT2D eigenvalue weighted by molar-refractivity contribution is -0.282. The van der Waals surface area contributed by atoms with Gasteiger partial charge in [-0.25, -0.2) is 0 Å². The number of aliphatic hydroxyl groups excluding tert-OH is 4. The van der Waals surface area contributed by atoms with Gasteiger partial charge in [-0.2, -0.15) is 0 Å². The molecule has 7 nitrogen and oxygen atoms in total. The molecule has 5 atom stereocenters. The zero-order valence-corrected chi connectivity index (χ0v) is 11.1. The van der Waals surface area contributed by atoms with Crippen molar-refractivity contribution in [3.8, 4) is 5.88 Å². The first-order valence-electron chi connectivity index (χ1n) is 6.65. The van der Waals surface area contributed by atoms with Crippen molar-refractivity contribution in [1.82, 2.24) is 4.98 Å². The van der Waals surface area contributed by atoms with Crippen LogP contribution in [0.15, 0.2) is 30.3 Å². The highest BCUT2D eigenvalue weighted by atomic mass is 16.6. The Morgan fingerprint density at radius 2 is 1.90 bits per heavy atom. The molecule has 1 aromatic heterocycles. The van der Waals surface area contributed by atoms with Crippen molar-refractivity contribution in [2.24, 2.45) is 0 Å². The highest BCUT2D eigenvalue weighted by Crippen LogP contribution is 2.26. The molecule has 3 rings (SSSR count). The standard InChI is InChI=1S/C14H17NO6/c16-6-9-11(17)13(12(18)14(19)20-9)21-10-5-7-3-1-2-4-8(7)15-10/h1-5,9,11-19H,6H2/t9-,11-,12-,13+,14-/m1/s1. The Kier molecular flexibility index (Phi) is 3.83. The fourth-order valence-electron chi connectivity index (χ4n) is 2.46. The number of ether oxygens (including phenoxy) is 2. The summed E-state index contributed by atoms with van der Waals surface area (Å²) >= 11 is 0. The van der Waals surface area contributed by atoms with Gasteiger partial charge in [-0.1, -0.05) is 18.2 Å². The van der Waals surface area contributed by atoms with Crippen molar-refractivity contribution in [3.63, 3.8) is 0 Å². The number of hydrogen-bond donors (Lipinski definition) is 5. The number of benzene rings is 1. The van der Waals surface area contributed by atoms with Gasteiger partial charge in [-0.3, -0.25) is 0 Å². The minimum atomic E-state index is -1.53. The van der Waals surface area contributed by atoms with Gasteiger partial charge in [-0.05, 0) is 6.07 Å². The predicted octanol–water partition coefficient (Wildman–Crippen LogP) is -0.653. The molecule has 0 saturated carbocycles. The van der Waals surface area contributed by atoms with Crippen molar-refractivity contribution >= 4 is 10.9 Å². The van der Waals surface area contributed by atoms with E-state index in [1.807, 2.05) is 24.3 Å². The number of fused-ring (bicyclic) bond motifs is 1. The summed E-state index contributed by atoms with van der Waals surface area (Å²) < 4.78 is 10.5. The lowest BCUT2D eigenvalue weighted by Crippen LogP contribution is -2.60. The molecule has 0 bridgehead atoms. The van der Waals surface area contributed by atoms with Crippen LogP contribution in [0.2, 0.25) is 0 Å². The SMILES string of the molecule is OC[C@H]1O[C@@H](O)[C@H](O)[C@@H](Oc2cc3ccccc3[nH]2)[C@@H]1O. The molecule has 1 aliphatic rings. The quantitative estimate of drug-likeness (QED) is 0.514. The topological polar surface area (TPSA) is 115 Å². The molecule has 7 heteroatoms. The van der Waals surface area contributed by atoms with Crippen molar-refractivity contribution < 1.29 is 29.9 Å². The van der Waals surface area contributed by atoms with Gasteiger partial charge in [0, 0.05) is 17.0 Å². The monoisotopic (exact) mass is 295 g/mol. The van der Waals surface area contributed by atoms with Crippen LogP contribution in [-0.4, -0.2) is 62.7 Å². The van der Waals surface area contributed by atoms with Crippen LogP contribution in [0.25, 0.3) is 10.9 Å². The number of para-hydroxylation sites is 1. The maximum Gasteiger partial charge on any atom is 0.192 e. The molecule has 1 aromatic carbocycles. The van der Waals surface area contributed by atoms with Crippen molar-refractivity contribution in [1.29, 1.82) is 0 Å². The summed E-state index contributed by atoms with van der Waals surface area (Å²) in [4.78, 5) is 3.00. The maximum absolute atomic E-state index is 10.1. The van der Waals surface area contributed by atoms with Gasteiger partial charge < -0.3 is 34.9 Å². The second-order valence-corrected chi connectivity index (χ2v) is 5.03. The summed E-state index contributed by atoms with van der Waals surface area (Å²) in [5.74, 6) is 0.352. The zero-order chi connectivity index (χ0) is 15.0. The minimum absolute atomic E-state index is 0.352. The molecular weight excluding hydrogens is 278 g/mol. The Morgan fingerprint density at radius 1 is 1.14 bits per heavy atom. The summed E-state index contributed by atoms with van der Waals surface area (Å²) in [6.45, 7) is -0.489. The van der Waals surface area contributed by atoms with E-state index in [-0.39, 0.29) is 0 Å². The number of aromatic nitrogens is 1. The molecule has 1 aliphatic heterocycles. The lowest BCUT2D eigenvalue weighted by Gasteiger charge is -2.39. The first kappa shape index (κ1) is 14.3. The average molecular weight is 295 g/mol. The van der Waals surface area contributed by atoms with Crippen LogP contribution in [0.3, 0.4) is 0 Å². The van der Waals surface area contributed by atoms with Crippen LogP contribution < -0.4 is 4.74 Å². The minimum Gasteiger partial charge on any atom is -0.470 e. The van der Waals surface area contributed by atoms with Gasteiger partial charge in [0.25, 0.3) is 0 Å². The van der Waals surface area contributed by atoms with E-state index < -0.39 is 37.3 Å². The third kappa shape index (κ3) is 2.61. The maximum atomic E-state index is 10.1. The van der Waals surface area contributed by atoms with Crippen LogP contribution in [0.4, 0.5) is 0 Å². The van der Waals surface area contributed by atoms with Crippen molar-refractivity contribution in [3.05, 3.63) is 30.3 Å². The van der Waals surface area contributed by atoms with Crippen LogP contribution in [-0.2, 0) is 4.74 Å². The normalized spacial score (nSPS) is 33.2. The van der Waals surface area contributed by atoms with E-state index in [0.29, 0.717) is 5.88 Å². The Labute approximate surface area is 120 Å². The average Bonchev–Trinajstić information content (AvgIpc) is 2.89. The fourth-order valence-corrected chi connectivity index (χ4v) is 2.46. The van der Waals surface area contributed by atoms with Crippen LogP contribution >= 0.6 is 0 Å². The summed E-state index contributed by atoms with van der Waals surface area (Å²) in [6, 6.07) is 9.23. The molecule has 0 amide bonds. The molecule has 5 N–H and O–H groups in total. The fraction of sp³-hybridized carbons (Fsp3) is 0.429. The molecule has 2 aromatic rings. The third-order valence-corrected chi connectivity index (χ3v) is 3.61. The van der Waals surface area contributed by atoms with E-state index in [0.717, 1.165) is 10.9 Å². The second-order valence-electron chi connectivity index (χ2n) is 5.03. The van der Waals surface area contributed by atoms with E-state index in [4.69, 9.17) is 14.6 Å². The summed E-state index contributed by atoms with van der Waals surface area (Å²) in [5.41, 5.74) is 0.850. The largest absolute Gasteiger partial charge is 0.470 e. The lowest BCUT2D eigenvalue weighted by atomic mass is 9.99. The number of hydrogen-bond acceptors (Lipinski definition) is 6. The number of aliphatic hydroxyl groups is 4. The highest BCUT2D eigenvalue weighted by molar-refractivity contribution is 5.81. The Balaban J connectivity index is 1.84. The van der Waals surface area contributed by atoms with Crippen LogP contribution in [0.1, 0.15) is 0 Å². The molecular formula is C14H17NO6. The van der Waals surface area contributed by atoms with E-state index in [9.17, 15) is 15.3 Å². The molecule has 114 valence electrons. The smallest absolute Gasteiger partial charge is 0.192 e. The van der Waals surface area contributed by atoms with E-state index >= 15 is 0 Å². The summed E-state index contributed by atoms with van der Waals surface area (Å²) in [6.07, 6.45) is -6.34. The van der Waals surface area contributed by atoms with E-state index in [1.54, 1.807) is 6.07 Å². The zero-order valence-electron chi connectivity index (χ0n) is 11.1. The Morgan fingerprint density at radius 3 is 2.62 bits per heavy atom. The van der Waals surface area contributed by atoms with Crippen LogP contribution in [0, 0.1) is 0 Å². The van der Waals surface area contributed by atoms with Gasteiger partial charge in [0.15, 0.2) is 18.3 Å². The molecule has 2 heterocycles. The van der Waals surface area contributed by atoms with Gasteiger partial charge in [0.1, 0.15) is 18.3 Å². The Hall–Kier alpha value is -1.64. The Bertz CT molecular complexity index is 581. The van der Waals surface area contributed by atoms with Gasteiger partial charge in [0.2, 0.25) is 0 Å². The van der Waals surface area contributed by atoms with Crippen molar-refractivity contribution in [2.75, 3.05) is 6.61 Å². The van der Waals surface area contributed by atoms with Crippen molar-refractivity contribution in [2.45, 2.75) is 30.7 Å². The summed E-state index contributed by atoms with van der Waals surface area (Å²) in [5, 5.41) is 39.6. The number of nitrogens with one attached hydrogen (secondary N) is 1. The molecule has 21 heavy (non-hydrogen) atoms. The summed E-state index contributed by atoms with van der Waals surface area (Å²) in [7, 11) is 0. The number of H-pyrrole nitrogens is 1. The molecule has 0 aliphatic carbocycles. The predicted molar refractivity (Wildman–Crippen MR) is 72.7 cm³/mol. The third-order valence-electron chi connectivity index (χ3n) is 3.61. The molecule has 1 saturated heterocycles. The first-order valence-corrected chi connectivity index (χ1v) is 6.65. The van der Waals surface area contributed by atoms with E-state index in [2.05, 4.69) is 4.98 Å².